The first-order valence-electron chi connectivity index (χ1n) is 7.53. The van der Waals surface area contributed by atoms with Crippen LogP contribution in [0.5, 0.6) is 0 Å². The Balaban J connectivity index is 1.59. The first-order chi connectivity index (χ1) is 12.1. The van der Waals surface area contributed by atoms with Crippen molar-refractivity contribution in [1.82, 2.24) is 15.0 Å². The number of imidazole rings is 1. The normalized spacial score (nSPS) is 11.5. The number of hydrogen-bond donors (Lipinski definition) is 1. The average molecular weight is 406 g/mol. The standard InChI is InChI=1S/C18H13Cl2N3S2/c1-24-13-4-2-10-6-11(17(20)21-15(10)8-13)9-25-18-22-14-5-3-12(19)7-16(14)23-18/h2-8H,9H2,1H3,(H,22,23). The van der Waals surface area contributed by atoms with E-state index in [2.05, 4.69) is 39.2 Å². The van der Waals surface area contributed by atoms with Crippen LogP contribution in [0.4, 0.5) is 0 Å². The van der Waals surface area contributed by atoms with Gasteiger partial charge in [-0.2, -0.15) is 0 Å². The number of rotatable bonds is 4. The van der Waals surface area contributed by atoms with E-state index in [1.165, 1.54) is 4.90 Å². The van der Waals surface area contributed by atoms with E-state index in [4.69, 9.17) is 23.2 Å². The molecule has 0 fully saturated rings. The minimum atomic E-state index is 0.539. The Morgan fingerprint density at radius 2 is 1.88 bits per heavy atom. The van der Waals surface area contributed by atoms with Gasteiger partial charge in [0, 0.05) is 26.6 Å². The molecule has 7 heteroatoms. The molecule has 2 heterocycles. The maximum absolute atomic E-state index is 6.39. The number of H-pyrrole nitrogens is 1. The monoisotopic (exact) mass is 405 g/mol. The molecule has 4 rings (SSSR count). The lowest BCUT2D eigenvalue weighted by Crippen LogP contribution is -1.89. The molecule has 0 amide bonds. The van der Waals surface area contributed by atoms with E-state index in [1.54, 1.807) is 23.5 Å². The van der Waals surface area contributed by atoms with E-state index in [1.807, 2.05) is 24.5 Å². The van der Waals surface area contributed by atoms with Gasteiger partial charge in [-0.15, -0.1) is 11.8 Å². The summed E-state index contributed by atoms with van der Waals surface area (Å²) in [5, 5.41) is 3.16. The molecule has 0 saturated heterocycles. The van der Waals surface area contributed by atoms with Gasteiger partial charge in [-0.05, 0) is 42.7 Å². The van der Waals surface area contributed by atoms with Crippen molar-refractivity contribution < 1.29 is 0 Å². The molecule has 0 spiro atoms. The van der Waals surface area contributed by atoms with Gasteiger partial charge in [0.1, 0.15) is 5.15 Å². The lowest BCUT2D eigenvalue weighted by molar-refractivity contribution is 1.08. The highest BCUT2D eigenvalue weighted by Crippen LogP contribution is 2.30. The number of pyridine rings is 1. The van der Waals surface area contributed by atoms with Crippen molar-refractivity contribution in [2.24, 2.45) is 0 Å². The molecule has 0 bridgehead atoms. The number of nitrogens with one attached hydrogen (secondary N) is 1. The zero-order valence-electron chi connectivity index (χ0n) is 13.2. The fourth-order valence-electron chi connectivity index (χ4n) is 2.57. The summed E-state index contributed by atoms with van der Waals surface area (Å²) in [4.78, 5) is 13.6. The van der Waals surface area contributed by atoms with Crippen LogP contribution in [-0.4, -0.2) is 21.2 Å². The molecule has 2 aromatic carbocycles. The van der Waals surface area contributed by atoms with Crippen LogP contribution >= 0.6 is 46.7 Å². The van der Waals surface area contributed by atoms with Crippen LogP contribution in [-0.2, 0) is 5.75 Å². The van der Waals surface area contributed by atoms with E-state index in [0.29, 0.717) is 15.9 Å². The fraction of sp³-hybridized carbons (Fsp3) is 0.111. The van der Waals surface area contributed by atoms with Gasteiger partial charge in [0.2, 0.25) is 0 Å². The van der Waals surface area contributed by atoms with Crippen LogP contribution in [0.3, 0.4) is 0 Å². The molecule has 0 aliphatic rings. The van der Waals surface area contributed by atoms with Gasteiger partial charge >= 0.3 is 0 Å². The molecular weight excluding hydrogens is 393 g/mol. The Hall–Kier alpha value is -1.40. The molecule has 0 saturated carbocycles. The third-order valence-electron chi connectivity index (χ3n) is 3.84. The van der Waals surface area contributed by atoms with Crippen molar-refractivity contribution in [1.29, 1.82) is 0 Å². The molecule has 126 valence electrons. The molecule has 0 radical (unpaired) electrons. The van der Waals surface area contributed by atoms with Crippen molar-refractivity contribution >= 4 is 68.7 Å². The quantitative estimate of drug-likeness (QED) is 0.313. The van der Waals surface area contributed by atoms with Crippen LogP contribution in [0.2, 0.25) is 10.2 Å². The number of halogens is 2. The van der Waals surface area contributed by atoms with Gasteiger partial charge in [0.25, 0.3) is 0 Å². The number of nitrogens with zero attached hydrogens (tertiary/aromatic N) is 2. The second-order valence-electron chi connectivity index (χ2n) is 5.49. The topological polar surface area (TPSA) is 41.6 Å². The number of aromatic amines is 1. The first-order valence-corrected chi connectivity index (χ1v) is 10.5. The number of thioether (sulfide) groups is 2. The predicted molar refractivity (Wildman–Crippen MR) is 109 cm³/mol. The van der Waals surface area contributed by atoms with E-state index in [9.17, 15) is 0 Å². The molecule has 0 aliphatic heterocycles. The van der Waals surface area contributed by atoms with E-state index in [0.717, 1.165) is 32.7 Å². The second kappa shape index (κ2) is 7.08. The molecule has 2 aromatic heterocycles. The third-order valence-corrected chi connectivity index (χ3v) is 6.05. The lowest BCUT2D eigenvalue weighted by atomic mass is 10.2. The molecule has 4 aromatic rings. The number of hydrogen-bond acceptors (Lipinski definition) is 4. The Morgan fingerprint density at radius 3 is 2.72 bits per heavy atom. The van der Waals surface area contributed by atoms with Crippen molar-refractivity contribution in [3.05, 3.63) is 58.2 Å². The molecule has 3 nitrogen and oxygen atoms in total. The zero-order valence-corrected chi connectivity index (χ0v) is 16.4. The molecule has 0 unspecified atom stereocenters. The van der Waals surface area contributed by atoms with Crippen molar-refractivity contribution in [2.75, 3.05) is 6.26 Å². The summed E-state index contributed by atoms with van der Waals surface area (Å²) in [6.45, 7) is 0. The summed E-state index contributed by atoms with van der Waals surface area (Å²) in [5.41, 5.74) is 3.75. The van der Waals surface area contributed by atoms with Gasteiger partial charge in [-0.1, -0.05) is 41.0 Å². The minimum absolute atomic E-state index is 0.539. The van der Waals surface area contributed by atoms with Gasteiger partial charge in [0.05, 0.1) is 16.6 Å². The SMILES string of the molecule is CSc1ccc2cc(CSc3nc4ccc(Cl)cc4[nH]3)c(Cl)nc2c1. The van der Waals surface area contributed by atoms with Crippen molar-refractivity contribution in [3.8, 4) is 0 Å². The highest BCUT2D eigenvalue weighted by molar-refractivity contribution is 7.98. The molecule has 25 heavy (non-hydrogen) atoms. The first kappa shape index (κ1) is 17.0. The predicted octanol–water partition coefficient (Wildman–Crippen LogP) is 6.43. The van der Waals surface area contributed by atoms with Crippen LogP contribution < -0.4 is 0 Å². The van der Waals surface area contributed by atoms with E-state index < -0.39 is 0 Å². The highest BCUT2D eigenvalue weighted by atomic mass is 35.5. The summed E-state index contributed by atoms with van der Waals surface area (Å²) < 4.78 is 0. The van der Waals surface area contributed by atoms with Crippen LogP contribution in [0, 0.1) is 0 Å². The Kier molecular flexibility index (Phi) is 4.82. The molecular formula is C18H13Cl2N3S2. The Labute approximate surface area is 163 Å². The summed E-state index contributed by atoms with van der Waals surface area (Å²) in [7, 11) is 0. The smallest absolute Gasteiger partial charge is 0.166 e. The average Bonchev–Trinajstić information content (AvgIpc) is 3.01. The van der Waals surface area contributed by atoms with Gasteiger partial charge < -0.3 is 4.98 Å². The second-order valence-corrected chi connectivity index (χ2v) is 8.13. The summed E-state index contributed by atoms with van der Waals surface area (Å²) in [5.74, 6) is 0.694. The fourth-order valence-corrected chi connectivity index (χ4v) is 4.32. The summed E-state index contributed by atoms with van der Waals surface area (Å²) >= 11 is 15.7. The van der Waals surface area contributed by atoms with Crippen LogP contribution in [0.15, 0.2) is 52.5 Å². The largest absolute Gasteiger partial charge is 0.333 e. The van der Waals surface area contributed by atoms with E-state index >= 15 is 0 Å². The van der Waals surface area contributed by atoms with Gasteiger partial charge in [0.15, 0.2) is 5.16 Å². The van der Waals surface area contributed by atoms with Crippen LogP contribution in [0.25, 0.3) is 21.9 Å². The lowest BCUT2D eigenvalue weighted by Gasteiger charge is -2.06. The number of benzene rings is 2. The molecule has 0 aliphatic carbocycles. The number of aromatic nitrogens is 3. The van der Waals surface area contributed by atoms with Gasteiger partial charge in [-0.25, -0.2) is 9.97 Å². The maximum Gasteiger partial charge on any atom is 0.166 e. The third kappa shape index (κ3) is 3.60. The number of fused-ring (bicyclic) bond motifs is 2. The maximum atomic E-state index is 6.39. The van der Waals surface area contributed by atoms with Crippen LogP contribution in [0.1, 0.15) is 5.56 Å². The van der Waals surface area contributed by atoms with E-state index in [-0.39, 0.29) is 0 Å². The van der Waals surface area contributed by atoms with Gasteiger partial charge in [-0.3, -0.25) is 0 Å². The Bertz CT molecular complexity index is 1080. The molecule has 1 N–H and O–H groups in total. The minimum Gasteiger partial charge on any atom is -0.333 e. The van der Waals surface area contributed by atoms with Crippen molar-refractivity contribution in [2.45, 2.75) is 15.8 Å². The van der Waals surface area contributed by atoms with Crippen molar-refractivity contribution in [3.63, 3.8) is 0 Å². The summed E-state index contributed by atoms with van der Waals surface area (Å²) in [6, 6.07) is 14.0. The highest BCUT2D eigenvalue weighted by Gasteiger charge is 2.09. The Morgan fingerprint density at radius 1 is 1.00 bits per heavy atom. The molecule has 0 atom stereocenters. The summed E-state index contributed by atoms with van der Waals surface area (Å²) in [6.07, 6.45) is 2.05. The zero-order chi connectivity index (χ0) is 17.4.